The van der Waals surface area contributed by atoms with E-state index in [9.17, 15) is 0 Å². The molecule has 108 valence electrons. The quantitative estimate of drug-likeness (QED) is 0.826. The molecule has 1 unspecified atom stereocenters. The van der Waals surface area contributed by atoms with Gasteiger partial charge in [-0.3, -0.25) is 0 Å². The van der Waals surface area contributed by atoms with E-state index >= 15 is 0 Å². The number of hydrogen-bond donors (Lipinski definition) is 1. The van der Waals surface area contributed by atoms with E-state index in [2.05, 4.69) is 4.90 Å². The fraction of sp³-hybridized carbons (Fsp3) is 0.538. The first-order valence-corrected chi connectivity index (χ1v) is 7.93. The minimum Gasteiger partial charge on any atom is -0.330 e. The number of halogens is 3. The number of hydrogen-bond acceptors (Lipinski definition) is 3. The zero-order valence-corrected chi connectivity index (χ0v) is 13.8. The molecule has 2 nitrogen and oxygen atoms in total. The molecule has 1 aliphatic heterocycles. The molecule has 0 spiro atoms. The maximum absolute atomic E-state index is 6.13. The Morgan fingerprint density at radius 2 is 2.16 bits per heavy atom. The maximum atomic E-state index is 6.13. The first kappa shape index (κ1) is 17.4. The average Bonchev–Trinajstić information content (AvgIpc) is 2.81. The Labute approximate surface area is 135 Å². The minimum absolute atomic E-state index is 0. The Bertz CT molecular complexity index is 403. The van der Waals surface area contributed by atoms with Gasteiger partial charge in [-0.1, -0.05) is 23.2 Å². The van der Waals surface area contributed by atoms with Crippen molar-refractivity contribution in [3.63, 3.8) is 0 Å². The third-order valence-corrected chi connectivity index (χ3v) is 4.97. The van der Waals surface area contributed by atoms with Crippen LogP contribution in [0.1, 0.15) is 6.42 Å². The second-order valence-corrected chi connectivity index (χ2v) is 6.59. The summed E-state index contributed by atoms with van der Waals surface area (Å²) in [6, 6.07) is 5.61. The molecule has 0 amide bonds. The summed E-state index contributed by atoms with van der Waals surface area (Å²) >= 11 is 13.9. The van der Waals surface area contributed by atoms with Gasteiger partial charge in [-0.05, 0) is 43.6 Å². The minimum atomic E-state index is 0. The summed E-state index contributed by atoms with van der Waals surface area (Å²) in [7, 11) is 0. The normalized spacial score (nSPS) is 19.4. The van der Waals surface area contributed by atoms with Gasteiger partial charge < -0.3 is 10.6 Å². The molecule has 0 bridgehead atoms. The maximum Gasteiger partial charge on any atom is 0.0542 e. The molecule has 1 heterocycles. The Morgan fingerprint density at radius 1 is 1.37 bits per heavy atom. The lowest BCUT2D eigenvalue weighted by Crippen LogP contribution is -2.25. The van der Waals surface area contributed by atoms with Crippen LogP contribution >= 0.6 is 47.4 Å². The van der Waals surface area contributed by atoms with E-state index < -0.39 is 0 Å². The summed E-state index contributed by atoms with van der Waals surface area (Å²) in [6.07, 6.45) is 1.24. The Kier molecular flexibility index (Phi) is 7.88. The highest BCUT2D eigenvalue weighted by atomic mass is 35.5. The molecule has 19 heavy (non-hydrogen) atoms. The van der Waals surface area contributed by atoms with Crippen LogP contribution in [0, 0.1) is 5.92 Å². The molecule has 2 rings (SSSR count). The number of likely N-dealkylation sites (tertiary alicyclic amines) is 1. The molecule has 2 N–H and O–H groups in total. The van der Waals surface area contributed by atoms with Gasteiger partial charge in [0.25, 0.3) is 0 Å². The molecule has 1 aromatic rings. The fourth-order valence-electron chi connectivity index (χ4n) is 2.18. The molecule has 0 aromatic heterocycles. The Hall–Kier alpha value is 0.360. The SMILES string of the molecule is Cl.NCC1CCN(CCSc2cc(Cl)ccc2Cl)C1. The molecule has 0 radical (unpaired) electrons. The van der Waals surface area contributed by atoms with E-state index in [0.29, 0.717) is 5.92 Å². The first-order valence-electron chi connectivity index (χ1n) is 6.19. The van der Waals surface area contributed by atoms with E-state index in [0.717, 1.165) is 40.3 Å². The highest BCUT2D eigenvalue weighted by molar-refractivity contribution is 7.99. The lowest BCUT2D eigenvalue weighted by atomic mass is 10.1. The zero-order chi connectivity index (χ0) is 13.0. The van der Waals surface area contributed by atoms with Gasteiger partial charge in [0.1, 0.15) is 0 Å². The van der Waals surface area contributed by atoms with Crippen LogP contribution in [0.15, 0.2) is 23.1 Å². The van der Waals surface area contributed by atoms with Crippen molar-refractivity contribution in [2.75, 3.05) is 31.9 Å². The predicted molar refractivity (Wildman–Crippen MR) is 88.0 cm³/mol. The summed E-state index contributed by atoms with van der Waals surface area (Å²) in [6.45, 7) is 4.21. The van der Waals surface area contributed by atoms with Gasteiger partial charge in [-0.25, -0.2) is 0 Å². The molecule has 1 atom stereocenters. The summed E-state index contributed by atoms with van der Waals surface area (Å²) in [5, 5.41) is 1.52. The summed E-state index contributed by atoms with van der Waals surface area (Å²) in [4.78, 5) is 3.54. The lowest BCUT2D eigenvalue weighted by molar-refractivity contribution is 0.346. The van der Waals surface area contributed by atoms with Crippen molar-refractivity contribution in [2.24, 2.45) is 11.7 Å². The van der Waals surface area contributed by atoms with Crippen molar-refractivity contribution in [1.82, 2.24) is 4.90 Å². The van der Waals surface area contributed by atoms with Gasteiger partial charge in [-0.15, -0.1) is 24.2 Å². The third kappa shape index (κ3) is 5.33. The van der Waals surface area contributed by atoms with Crippen molar-refractivity contribution < 1.29 is 0 Å². The van der Waals surface area contributed by atoms with Crippen LogP contribution in [0.5, 0.6) is 0 Å². The van der Waals surface area contributed by atoms with E-state index in [-0.39, 0.29) is 12.4 Å². The fourth-order valence-corrected chi connectivity index (χ4v) is 3.68. The lowest BCUT2D eigenvalue weighted by Gasteiger charge is -2.15. The van der Waals surface area contributed by atoms with Gasteiger partial charge in [0.05, 0.1) is 5.02 Å². The molecule has 0 aliphatic carbocycles. The monoisotopic (exact) mass is 340 g/mol. The van der Waals surface area contributed by atoms with Gasteiger partial charge in [-0.2, -0.15) is 0 Å². The number of thioether (sulfide) groups is 1. The molecule has 1 fully saturated rings. The van der Waals surface area contributed by atoms with Crippen molar-refractivity contribution in [1.29, 1.82) is 0 Å². The second-order valence-electron chi connectivity index (χ2n) is 4.61. The summed E-state index contributed by atoms with van der Waals surface area (Å²) in [5.41, 5.74) is 5.69. The molecular formula is C13H19Cl3N2S. The molecule has 0 saturated carbocycles. The van der Waals surface area contributed by atoms with E-state index in [1.807, 2.05) is 18.2 Å². The van der Waals surface area contributed by atoms with Gasteiger partial charge >= 0.3 is 0 Å². The van der Waals surface area contributed by atoms with Gasteiger partial charge in [0, 0.05) is 28.8 Å². The molecule has 6 heteroatoms. The standard InChI is InChI=1S/C13H18Cl2N2S.ClH/c14-11-1-2-12(15)13(7-11)18-6-5-17-4-3-10(8-16)9-17;/h1-2,7,10H,3-6,8-9,16H2;1H. The van der Waals surface area contributed by atoms with Crippen LogP contribution in [0.3, 0.4) is 0 Å². The van der Waals surface area contributed by atoms with E-state index in [1.165, 1.54) is 13.0 Å². The molecule has 1 aliphatic rings. The number of rotatable bonds is 5. The van der Waals surface area contributed by atoms with Crippen LogP contribution in [-0.4, -0.2) is 36.8 Å². The van der Waals surface area contributed by atoms with E-state index in [4.69, 9.17) is 28.9 Å². The van der Waals surface area contributed by atoms with Crippen LogP contribution in [0.25, 0.3) is 0 Å². The number of benzene rings is 1. The van der Waals surface area contributed by atoms with Crippen molar-refractivity contribution in [3.05, 3.63) is 28.2 Å². The highest BCUT2D eigenvalue weighted by Gasteiger charge is 2.20. The Balaban J connectivity index is 0.00000180. The highest BCUT2D eigenvalue weighted by Crippen LogP contribution is 2.30. The number of nitrogens with zero attached hydrogens (tertiary/aromatic N) is 1. The molecule has 1 aromatic carbocycles. The van der Waals surface area contributed by atoms with Gasteiger partial charge in [0.2, 0.25) is 0 Å². The smallest absolute Gasteiger partial charge is 0.0542 e. The van der Waals surface area contributed by atoms with Crippen LogP contribution < -0.4 is 5.73 Å². The van der Waals surface area contributed by atoms with Crippen LogP contribution in [0.2, 0.25) is 10.0 Å². The predicted octanol–water partition coefficient (Wildman–Crippen LogP) is 3.79. The van der Waals surface area contributed by atoms with Crippen LogP contribution in [0.4, 0.5) is 0 Å². The third-order valence-electron chi connectivity index (χ3n) is 3.26. The van der Waals surface area contributed by atoms with Crippen molar-refractivity contribution >= 4 is 47.4 Å². The molecular weight excluding hydrogens is 323 g/mol. The summed E-state index contributed by atoms with van der Waals surface area (Å²) in [5.74, 6) is 1.72. The summed E-state index contributed by atoms with van der Waals surface area (Å²) < 4.78 is 0. The second kappa shape index (κ2) is 8.60. The largest absolute Gasteiger partial charge is 0.330 e. The number of nitrogens with two attached hydrogens (primary N) is 1. The zero-order valence-electron chi connectivity index (χ0n) is 10.6. The van der Waals surface area contributed by atoms with Crippen molar-refractivity contribution in [3.8, 4) is 0 Å². The van der Waals surface area contributed by atoms with Crippen molar-refractivity contribution in [2.45, 2.75) is 11.3 Å². The van der Waals surface area contributed by atoms with Gasteiger partial charge in [0.15, 0.2) is 0 Å². The molecule has 1 saturated heterocycles. The van der Waals surface area contributed by atoms with Crippen LogP contribution in [-0.2, 0) is 0 Å². The average molecular weight is 342 g/mol. The topological polar surface area (TPSA) is 29.3 Å². The first-order chi connectivity index (χ1) is 8.69. The Morgan fingerprint density at radius 3 is 2.84 bits per heavy atom. The van der Waals surface area contributed by atoms with E-state index in [1.54, 1.807) is 11.8 Å².